The Hall–Kier alpha value is -2.70. The summed E-state index contributed by atoms with van der Waals surface area (Å²) in [6.45, 7) is 3.00. The van der Waals surface area contributed by atoms with E-state index in [1.54, 1.807) is 18.2 Å². The van der Waals surface area contributed by atoms with Gasteiger partial charge in [0.25, 0.3) is 5.91 Å². The Morgan fingerprint density at radius 1 is 0.926 bits per heavy atom. The van der Waals surface area contributed by atoms with Crippen LogP contribution in [0, 0.1) is 6.92 Å². The van der Waals surface area contributed by atoms with Gasteiger partial charge in [-0.05, 0) is 76.6 Å². The van der Waals surface area contributed by atoms with Crippen LogP contribution < -0.4 is 10.6 Å². The monoisotopic (exact) mass is 368 g/mol. The topological polar surface area (TPSA) is 64.7 Å². The molecule has 2 aromatic rings. The summed E-state index contributed by atoms with van der Waals surface area (Å²) in [5.74, 6) is -0.225. The lowest BCUT2D eigenvalue weighted by molar-refractivity contribution is -0.116. The molecule has 0 radical (unpaired) electrons. The molecule has 144 valence electrons. The Morgan fingerprint density at radius 2 is 1.67 bits per heavy atom. The van der Waals surface area contributed by atoms with E-state index in [1.807, 2.05) is 64.3 Å². The van der Waals surface area contributed by atoms with E-state index in [-0.39, 0.29) is 11.8 Å². The van der Waals surface area contributed by atoms with Crippen molar-refractivity contribution in [3.8, 4) is 0 Å². The molecule has 2 aromatic carbocycles. The van der Waals surface area contributed by atoms with Gasteiger partial charge in [-0.3, -0.25) is 9.59 Å². The number of amides is 2. The molecule has 0 aliphatic carbocycles. The van der Waals surface area contributed by atoms with E-state index >= 15 is 0 Å². The number of benzene rings is 2. The summed E-state index contributed by atoms with van der Waals surface area (Å²) in [6.07, 6.45) is 0. The third kappa shape index (κ3) is 6.51. The number of aryl methyl sites for hydroxylation is 1. The van der Waals surface area contributed by atoms with Crippen molar-refractivity contribution in [1.29, 1.82) is 0 Å². The summed E-state index contributed by atoms with van der Waals surface area (Å²) in [5.41, 5.74) is 4.04. The maximum atomic E-state index is 12.5. The molecular formula is C21H28N4O2. The minimum Gasteiger partial charge on any atom is -0.325 e. The highest BCUT2D eigenvalue weighted by Crippen LogP contribution is 2.20. The second kappa shape index (κ2) is 9.30. The zero-order chi connectivity index (χ0) is 20.0. The van der Waals surface area contributed by atoms with Crippen LogP contribution in [-0.2, 0) is 11.3 Å². The van der Waals surface area contributed by atoms with E-state index < -0.39 is 0 Å². The quantitative estimate of drug-likeness (QED) is 0.789. The first kappa shape index (κ1) is 20.6. The first-order chi connectivity index (χ1) is 12.7. The second-order valence-corrected chi connectivity index (χ2v) is 7.21. The molecule has 6 nitrogen and oxygen atoms in total. The molecule has 0 aliphatic heterocycles. The van der Waals surface area contributed by atoms with E-state index in [0.717, 1.165) is 23.4 Å². The van der Waals surface area contributed by atoms with Gasteiger partial charge in [-0.25, -0.2) is 0 Å². The van der Waals surface area contributed by atoms with Gasteiger partial charge in [-0.1, -0.05) is 12.1 Å². The van der Waals surface area contributed by atoms with E-state index in [0.29, 0.717) is 17.8 Å². The Kier molecular flexibility index (Phi) is 7.10. The van der Waals surface area contributed by atoms with Crippen LogP contribution in [0.5, 0.6) is 0 Å². The average molecular weight is 368 g/mol. The fourth-order valence-electron chi connectivity index (χ4n) is 2.74. The van der Waals surface area contributed by atoms with Crippen LogP contribution in [0.3, 0.4) is 0 Å². The zero-order valence-corrected chi connectivity index (χ0v) is 16.7. The second-order valence-electron chi connectivity index (χ2n) is 7.21. The maximum Gasteiger partial charge on any atom is 0.255 e. The van der Waals surface area contributed by atoms with E-state index in [2.05, 4.69) is 15.5 Å². The summed E-state index contributed by atoms with van der Waals surface area (Å²) in [4.78, 5) is 28.3. The third-order valence-corrected chi connectivity index (χ3v) is 3.91. The normalized spacial score (nSPS) is 10.9. The summed E-state index contributed by atoms with van der Waals surface area (Å²) in [5, 5.41) is 5.80. The van der Waals surface area contributed by atoms with Crippen LogP contribution in [-0.4, -0.2) is 56.3 Å². The number of hydrogen-bond acceptors (Lipinski definition) is 4. The summed E-state index contributed by atoms with van der Waals surface area (Å²) in [6, 6.07) is 13.1. The predicted octanol–water partition coefficient (Wildman–Crippen LogP) is 2.81. The van der Waals surface area contributed by atoms with E-state index in [9.17, 15) is 9.59 Å². The molecule has 0 unspecified atom stereocenters. The fraction of sp³-hybridized carbons (Fsp3) is 0.333. The minimum absolute atomic E-state index is 0.0717. The molecule has 0 saturated carbocycles. The largest absolute Gasteiger partial charge is 0.325 e. The zero-order valence-electron chi connectivity index (χ0n) is 16.7. The number of anilines is 2. The maximum absolute atomic E-state index is 12.5. The number of rotatable bonds is 7. The molecule has 6 heteroatoms. The molecule has 0 spiro atoms. The molecule has 0 aliphatic rings. The molecule has 0 saturated heterocycles. The highest BCUT2D eigenvalue weighted by Gasteiger charge is 2.10. The number of nitrogens with one attached hydrogen (secondary N) is 2. The van der Waals surface area contributed by atoms with Gasteiger partial charge in [-0.2, -0.15) is 0 Å². The lowest BCUT2D eigenvalue weighted by Gasteiger charge is -2.14. The van der Waals surface area contributed by atoms with E-state index in [1.165, 1.54) is 0 Å². The summed E-state index contributed by atoms with van der Waals surface area (Å²) in [7, 11) is 7.68. The SMILES string of the molecule is Cc1cc(NC(=O)c2cccc(CN(C)C)c2)ccc1NC(=O)CN(C)C. The highest BCUT2D eigenvalue weighted by atomic mass is 16.2. The molecule has 2 rings (SSSR count). The van der Waals surface area contributed by atoms with Crippen molar-refractivity contribution in [3.05, 3.63) is 59.2 Å². The van der Waals surface area contributed by atoms with Crippen molar-refractivity contribution in [2.75, 3.05) is 45.4 Å². The van der Waals surface area contributed by atoms with Crippen LogP contribution in [0.1, 0.15) is 21.5 Å². The van der Waals surface area contributed by atoms with Gasteiger partial charge in [0.15, 0.2) is 0 Å². The molecule has 27 heavy (non-hydrogen) atoms. The smallest absolute Gasteiger partial charge is 0.255 e. The van der Waals surface area contributed by atoms with Crippen LogP contribution in [0.2, 0.25) is 0 Å². The van der Waals surface area contributed by atoms with Gasteiger partial charge in [0, 0.05) is 23.5 Å². The van der Waals surface area contributed by atoms with Gasteiger partial charge >= 0.3 is 0 Å². The Balaban J connectivity index is 2.06. The van der Waals surface area contributed by atoms with Gasteiger partial charge in [0.1, 0.15) is 0 Å². The highest BCUT2D eigenvalue weighted by molar-refractivity contribution is 6.04. The molecular weight excluding hydrogens is 340 g/mol. The molecule has 0 atom stereocenters. The number of likely N-dealkylation sites (N-methyl/N-ethyl adjacent to an activating group) is 1. The van der Waals surface area contributed by atoms with Crippen molar-refractivity contribution in [2.45, 2.75) is 13.5 Å². The fourth-order valence-corrected chi connectivity index (χ4v) is 2.74. The number of carbonyl (C=O) groups excluding carboxylic acids is 2. The number of nitrogens with zero attached hydrogens (tertiary/aromatic N) is 2. The van der Waals surface area contributed by atoms with Crippen molar-refractivity contribution in [3.63, 3.8) is 0 Å². The molecule has 0 heterocycles. The van der Waals surface area contributed by atoms with Crippen molar-refractivity contribution < 1.29 is 9.59 Å². The minimum atomic E-state index is -0.153. The van der Waals surface area contributed by atoms with Gasteiger partial charge in [0.2, 0.25) is 5.91 Å². The number of carbonyl (C=O) groups is 2. The lowest BCUT2D eigenvalue weighted by atomic mass is 10.1. The summed E-state index contributed by atoms with van der Waals surface area (Å²) < 4.78 is 0. The average Bonchev–Trinajstić information content (AvgIpc) is 2.56. The molecule has 2 N–H and O–H groups in total. The molecule has 0 fully saturated rings. The van der Waals surface area contributed by atoms with Crippen molar-refractivity contribution in [2.24, 2.45) is 0 Å². The van der Waals surface area contributed by atoms with Crippen LogP contribution in [0.25, 0.3) is 0 Å². The molecule has 0 aromatic heterocycles. The van der Waals surface area contributed by atoms with Crippen molar-refractivity contribution >= 4 is 23.2 Å². The predicted molar refractivity (Wildman–Crippen MR) is 110 cm³/mol. The third-order valence-electron chi connectivity index (χ3n) is 3.91. The molecule has 0 bridgehead atoms. The van der Waals surface area contributed by atoms with Crippen LogP contribution in [0.15, 0.2) is 42.5 Å². The van der Waals surface area contributed by atoms with Gasteiger partial charge in [-0.15, -0.1) is 0 Å². The lowest BCUT2D eigenvalue weighted by Crippen LogP contribution is -2.27. The van der Waals surface area contributed by atoms with Gasteiger partial charge < -0.3 is 20.4 Å². The summed E-state index contributed by atoms with van der Waals surface area (Å²) >= 11 is 0. The van der Waals surface area contributed by atoms with Gasteiger partial charge in [0.05, 0.1) is 6.54 Å². The first-order valence-electron chi connectivity index (χ1n) is 8.85. The standard InChI is InChI=1S/C21H28N4O2/c1-15-11-18(9-10-19(15)23-20(26)14-25(4)5)22-21(27)17-8-6-7-16(12-17)13-24(2)3/h6-12H,13-14H2,1-5H3,(H,22,27)(H,23,26). The van der Waals surface area contributed by atoms with Crippen LogP contribution in [0.4, 0.5) is 11.4 Å². The van der Waals surface area contributed by atoms with E-state index in [4.69, 9.17) is 0 Å². The number of hydrogen-bond donors (Lipinski definition) is 2. The Bertz CT molecular complexity index is 816. The Morgan fingerprint density at radius 3 is 2.30 bits per heavy atom. The van der Waals surface area contributed by atoms with Crippen molar-refractivity contribution in [1.82, 2.24) is 9.80 Å². The first-order valence-corrected chi connectivity index (χ1v) is 8.85. The van der Waals surface area contributed by atoms with Crippen LogP contribution >= 0.6 is 0 Å². The molecule has 2 amide bonds. The Labute approximate surface area is 161 Å².